The summed E-state index contributed by atoms with van der Waals surface area (Å²) in [7, 11) is 0. The number of alkyl halides is 1. The van der Waals surface area contributed by atoms with Crippen LogP contribution in [0.2, 0.25) is 0 Å². The van der Waals surface area contributed by atoms with E-state index in [1.165, 1.54) is 12.1 Å². The molecule has 0 spiro atoms. The number of hydrogen-bond acceptors (Lipinski definition) is 1. The molecule has 2 rings (SSSR count). The quantitative estimate of drug-likeness (QED) is 0.752. The lowest BCUT2D eigenvalue weighted by atomic mass is 9.96. The van der Waals surface area contributed by atoms with Gasteiger partial charge in [0.1, 0.15) is 5.82 Å². The zero-order chi connectivity index (χ0) is 13.8. The van der Waals surface area contributed by atoms with Crippen molar-refractivity contribution < 1.29 is 4.39 Å². The van der Waals surface area contributed by atoms with Crippen LogP contribution in [0.1, 0.15) is 37.1 Å². The molecule has 0 radical (unpaired) electrons. The van der Waals surface area contributed by atoms with E-state index in [1.807, 2.05) is 16.9 Å². The number of benzene rings is 1. The summed E-state index contributed by atoms with van der Waals surface area (Å²) in [6.45, 7) is 4.19. The Morgan fingerprint density at radius 3 is 2.42 bits per heavy atom. The van der Waals surface area contributed by atoms with Crippen LogP contribution >= 0.6 is 11.6 Å². The van der Waals surface area contributed by atoms with E-state index in [-0.39, 0.29) is 11.7 Å². The summed E-state index contributed by atoms with van der Waals surface area (Å²) in [5.41, 5.74) is 2.07. The van der Waals surface area contributed by atoms with Gasteiger partial charge in [0.15, 0.2) is 0 Å². The maximum atomic E-state index is 12.9. The zero-order valence-corrected chi connectivity index (χ0v) is 11.9. The van der Waals surface area contributed by atoms with E-state index in [9.17, 15) is 4.39 Å². The average Bonchev–Trinajstić information content (AvgIpc) is 2.86. The molecule has 102 valence electrons. The number of halogens is 2. The van der Waals surface area contributed by atoms with Crippen molar-refractivity contribution >= 4 is 11.6 Å². The molecule has 19 heavy (non-hydrogen) atoms. The van der Waals surface area contributed by atoms with Crippen LogP contribution in [0.3, 0.4) is 0 Å². The van der Waals surface area contributed by atoms with Crippen LogP contribution < -0.4 is 0 Å². The third kappa shape index (κ3) is 3.57. The Morgan fingerprint density at radius 1 is 1.21 bits per heavy atom. The molecule has 0 fully saturated rings. The first kappa shape index (κ1) is 14.1. The predicted octanol–water partition coefficient (Wildman–Crippen LogP) is 4.17. The van der Waals surface area contributed by atoms with Crippen molar-refractivity contribution in [2.75, 3.05) is 5.88 Å². The Balaban J connectivity index is 2.12. The first-order valence-corrected chi connectivity index (χ1v) is 6.99. The highest BCUT2D eigenvalue weighted by Crippen LogP contribution is 2.22. The fourth-order valence-corrected chi connectivity index (χ4v) is 2.31. The number of nitrogens with zero attached hydrogens (tertiary/aromatic N) is 2. The van der Waals surface area contributed by atoms with Gasteiger partial charge in [0.2, 0.25) is 0 Å². The van der Waals surface area contributed by atoms with Crippen molar-refractivity contribution in [3.8, 4) is 0 Å². The summed E-state index contributed by atoms with van der Waals surface area (Å²) in [6.07, 6.45) is 2.75. The SMILES string of the molecule is CC(C)n1ccc(CC(CCl)c2ccc(F)cc2)n1. The minimum Gasteiger partial charge on any atom is -0.270 e. The lowest BCUT2D eigenvalue weighted by Gasteiger charge is -2.13. The van der Waals surface area contributed by atoms with Gasteiger partial charge in [-0.3, -0.25) is 4.68 Å². The van der Waals surface area contributed by atoms with Crippen molar-refractivity contribution in [1.82, 2.24) is 9.78 Å². The molecule has 1 aromatic heterocycles. The molecule has 0 amide bonds. The minimum absolute atomic E-state index is 0.165. The van der Waals surface area contributed by atoms with Gasteiger partial charge in [0.25, 0.3) is 0 Å². The number of hydrogen-bond donors (Lipinski definition) is 0. The maximum absolute atomic E-state index is 12.9. The molecule has 1 aromatic carbocycles. The van der Waals surface area contributed by atoms with Crippen LogP contribution in [0, 0.1) is 5.82 Å². The van der Waals surface area contributed by atoms with E-state index >= 15 is 0 Å². The van der Waals surface area contributed by atoms with E-state index in [4.69, 9.17) is 11.6 Å². The van der Waals surface area contributed by atoms with Crippen LogP contribution in [0.4, 0.5) is 4.39 Å². The number of aromatic nitrogens is 2. The summed E-state index contributed by atoms with van der Waals surface area (Å²) < 4.78 is 14.9. The molecule has 0 N–H and O–H groups in total. The molecule has 1 unspecified atom stereocenters. The Morgan fingerprint density at radius 2 is 1.89 bits per heavy atom. The lowest BCUT2D eigenvalue weighted by Crippen LogP contribution is -2.07. The molecular weight excluding hydrogens is 263 g/mol. The third-order valence-corrected chi connectivity index (χ3v) is 3.55. The first-order valence-electron chi connectivity index (χ1n) is 6.45. The van der Waals surface area contributed by atoms with Gasteiger partial charge in [-0.15, -0.1) is 11.6 Å². The third-order valence-electron chi connectivity index (χ3n) is 3.18. The summed E-state index contributed by atoms with van der Waals surface area (Å²) in [5.74, 6) is 0.444. The molecule has 0 bridgehead atoms. The molecule has 0 aliphatic heterocycles. The predicted molar refractivity (Wildman–Crippen MR) is 76.2 cm³/mol. The molecule has 0 saturated heterocycles. The topological polar surface area (TPSA) is 17.8 Å². The Labute approximate surface area is 118 Å². The van der Waals surface area contributed by atoms with Crippen molar-refractivity contribution in [3.63, 3.8) is 0 Å². The highest BCUT2D eigenvalue weighted by atomic mass is 35.5. The Kier molecular flexibility index (Phi) is 4.59. The first-order chi connectivity index (χ1) is 9.10. The normalized spacial score (nSPS) is 12.9. The smallest absolute Gasteiger partial charge is 0.123 e. The van der Waals surface area contributed by atoms with E-state index in [2.05, 4.69) is 18.9 Å². The van der Waals surface area contributed by atoms with E-state index in [0.29, 0.717) is 11.9 Å². The van der Waals surface area contributed by atoms with Crippen molar-refractivity contribution in [2.24, 2.45) is 0 Å². The van der Waals surface area contributed by atoms with Crippen LogP contribution in [0.25, 0.3) is 0 Å². The van der Waals surface area contributed by atoms with Crippen LogP contribution in [0.5, 0.6) is 0 Å². The molecule has 1 heterocycles. The van der Waals surface area contributed by atoms with E-state index in [1.54, 1.807) is 12.1 Å². The van der Waals surface area contributed by atoms with E-state index < -0.39 is 0 Å². The molecule has 0 aliphatic rings. The maximum Gasteiger partial charge on any atom is 0.123 e. The Hall–Kier alpha value is -1.35. The second kappa shape index (κ2) is 6.20. The largest absolute Gasteiger partial charge is 0.270 e. The van der Waals surface area contributed by atoms with Crippen molar-refractivity contribution in [2.45, 2.75) is 32.2 Å². The van der Waals surface area contributed by atoms with Crippen molar-refractivity contribution in [3.05, 3.63) is 53.6 Å². The standard InChI is InChI=1S/C15H18ClFN2/c1-11(2)19-8-7-15(18-19)9-13(10-16)12-3-5-14(17)6-4-12/h3-8,11,13H,9-10H2,1-2H3. The lowest BCUT2D eigenvalue weighted by molar-refractivity contribution is 0.523. The highest BCUT2D eigenvalue weighted by Gasteiger charge is 2.13. The van der Waals surface area contributed by atoms with Crippen LogP contribution in [0.15, 0.2) is 36.5 Å². The molecule has 0 aliphatic carbocycles. The Bertz CT molecular complexity index is 519. The van der Waals surface area contributed by atoms with Gasteiger partial charge < -0.3 is 0 Å². The molecule has 2 nitrogen and oxygen atoms in total. The molecule has 2 aromatic rings. The summed E-state index contributed by atoms with van der Waals surface area (Å²) in [4.78, 5) is 0. The van der Waals surface area contributed by atoms with Gasteiger partial charge in [-0.25, -0.2) is 4.39 Å². The summed E-state index contributed by atoms with van der Waals surface area (Å²) >= 11 is 6.03. The van der Waals surface area contributed by atoms with Gasteiger partial charge in [0, 0.05) is 24.0 Å². The van der Waals surface area contributed by atoms with Crippen LogP contribution in [-0.2, 0) is 6.42 Å². The van der Waals surface area contributed by atoms with Gasteiger partial charge in [-0.1, -0.05) is 12.1 Å². The van der Waals surface area contributed by atoms with Gasteiger partial charge in [0.05, 0.1) is 5.69 Å². The molecular formula is C15H18ClFN2. The second-order valence-corrected chi connectivity index (χ2v) is 5.30. The second-order valence-electron chi connectivity index (χ2n) is 4.99. The summed E-state index contributed by atoms with van der Waals surface area (Å²) in [5, 5.41) is 4.52. The fraction of sp³-hybridized carbons (Fsp3) is 0.400. The van der Waals surface area contributed by atoms with E-state index in [0.717, 1.165) is 17.7 Å². The minimum atomic E-state index is -0.221. The molecule has 1 atom stereocenters. The highest BCUT2D eigenvalue weighted by molar-refractivity contribution is 6.18. The zero-order valence-electron chi connectivity index (χ0n) is 11.2. The van der Waals surface area contributed by atoms with Crippen LogP contribution in [-0.4, -0.2) is 15.7 Å². The average molecular weight is 281 g/mol. The fourth-order valence-electron chi connectivity index (χ4n) is 2.02. The van der Waals surface area contributed by atoms with Gasteiger partial charge >= 0.3 is 0 Å². The van der Waals surface area contributed by atoms with Gasteiger partial charge in [-0.05, 0) is 44.0 Å². The number of rotatable bonds is 5. The van der Waals surface area contributed by atoms with Gasteiger partial charge in [-0.2, -0.15) is 5.10 Å². The molecule has 4 heteroatoms. The van der Waals surface area contributed by atoms with Crippen molar-refractivity contribution in [1.29, 1.82) is 0 Å². The summed E-state index contributed by atoms with van der Waals surface area (Å²) in [6, 6.07) is 8.91. The molecule has 0 saturated carbocycles. The monoisotopic (exact) mass is 280 g/mol.